The molecule has 0 aromatic heterocycles. The van der Waals surface area contributed by atoms with E-state index in [2.05, 4.69) is 16.4 Å². The highest BCUT2D eigenvalue weighted by atomic mass is 14.8. The molecule has 1 N–H and O–H groups in total. The van der Waals surface area contributed by atoms with Gasteiger partial charge in [0.05, 0.1) is 0 Å². The van der Waals surface area contributed by atoms with Gasteiger partial charge in [0.1, 0.15) is 0 Å². The molecule has 52 valence electrons. The summed E-state index contributed by atoms with van der Waals surface area (Å²) in [6.07, 6.45) is 7.25. The molecular formula is C8H10N2. The van der Waals surface area contributed by atoms with Gasteiger partial charge in [0.2, 0.25) is 0 Å². The van der Waals surface area contributed by atoms with Gasteiger partial charge in [-0.15, -0.1) is 0 Å². The Balaban J connectivity index is 2.32. The van der Waals surface area contributed by atoms with Crippen LogP contribution in [-0.4, -0.2) is 19.3 Å². The molecular weight excluding hydrogens is 124 g/mol. The van der Waals surface area contributed by atoms with E-state index in [1.165, 1.54) is 11.1 Å². The lowest BCUT2D eigenvalue weighted by atomic mass is 10.0. The minimum Gasteiger partial charge on any atom is -0.387 e. The summed E-state index contributed by atoms with van der Waals surface area (Å²) in [5.74, 6) is 0. The minimum atomic E-state index is 0.954. The third-order valence-corrected chi connectivity index (χ3v) is 1.86. The fourth-order valence-electron chi connectivity index (χ4n) is 1.28. The Hall–Kier alpha value is -1.05. The fourth-order valence-corrected chi connectivity index (χ4v) is 1.28. The maximum atomic E-state index is 4.20. The smallest absolute Gasteiger partial charge is 0.0429 e. The van der Waals surface area contributed by atoms with E-state index >= 15 is 0 Å². The van der Waals surface area contributed by atoms with E-state index in [4.69, 9.17) is 0 Å². The van der Waals surface area contributed by atoms with Crippen molar-refractivity contribution in [3.63, 3.8) is 0 Å². The van der Waals surface area contributed by atoms with Crippen LogP contribution in [0.15, 0.2) is 28.4 Å². The molecule has 10 heavy (non-hydrogen) atoms. The van der Waals surface area contributed by atoms with E-state index < -0.39 is 0 Å². The van der Waals surface area contributed by atoms with Crippen LogP contribution in [0.25, 0.3) is 0 Å². The van der Waals surface area contributed by atoms with Crippen molar-refractivity contribution in [2.75, 3.05) is 13.1 Å². The average molecular weight is 134 g/mol. The number of hydrogen-bond acceptors (Lipinski definition) is 2. The summed E-state index contributed by atoms with van der Waals surface area (Å²) in [6.45, 7) is 1.92. The highest BCUT2D eigenvalue weighted by molar-refractivity contribution is 5.82. The van der Waals surface area contributed by atoms with Gasteiger partial charge in [-0.1, -0.05) is 0 Å². The Morgan fingerprint density at radius 3 is 3.30 bits per heavy atom. The third kappa shape index (κ3) is 0.856. The first-order valence-electron chi connectivity index (χ1n) is 3.58. The quantitative estimate of drug-likeness (QED) is 0.522. The molecule has 0 aromatic carbocycles. The summed E-state index contributed by atoms with van der Waals surface area (Å²) in [7, 11) is 0. The van der Waals surface area contributed by atoms with Gasteiger partial charge in [-0.3, -0.25) is 4.99 Å². The molecule has 0 unspecified atom stereocenters. The number of nitrogens with one attached hydrogen (secondary N) is 1. The Bertz CT molecular complexity index is 199. The largest absolute Gasteiger partial charge is 0.387 e. The zero-order valence-corrected chi connectivity index (χ0v) is 5.80. The van der Waals surface area contributed by atoms with E-state index in [0.717, 1.165) is 19.5 Å². The van der Waals surface area contributed by atoms with Crippen molar-refractivity contribution in [2.24, 2.45) is 4.99 Å². The summed E-state index contributed by atoms with van der Waals surface area (Å²) in [5, 5.41) is 3.15. The van der Waals surface area contributed by atoms with Crippen LogP contribution >= 0.6 is 0 Å². The summed E-state index contributed by atoms with van der Waals surface area (Å²) in [6, 6.07) is 0. The van der Waals surface area contributed by atoms with E-state index in [9.17, 15) is 0 Å². The monoisotopic (exact) mass is 134 g/mol. The number of nitrogens with zero attached hydrogens (tertiary/aromatic N) is 1. The standard InChI is InChI=1S/C8H10N2/c1-3-9-5-8-6-10-4-2-7(1)8/h1,3,6,9H,2,4-5H2. The second-order valence-electron chi connectivity index (χ2n) is 2.55. The fraction of sp³-hybridized carbons (Fsp3) is 0.375. The second kappa shape index (κ2) is 2.29. The molecule has 0 saturated heterocycles. The predicted octanol–water partition coefficient (Wildman–Crippen LogP) is 0.874. The summed E-state index contributed by atoms with van der Waals surface area (Å²) >= 11 is 0. The molecule has 0 aromatic rings. The van der Waals surface area contributed by atoms with Gasteiger partial charge in [0.15, 0.2) is 0 Å². The molecule has 2 aliphatic rings. The molecule has 2 heterocycles. The molecule has 0 saturated carbocycles. The normalized spacial score (nSPS) is 22.4. The van der Waals surface area contributed by atoms with E-state index in [1.807, 2.05) is 12.4 Å². The second-order valence-corrected chi connectivity index (χ2v) is 2.55. The molecule has 0 bridgehead atoms. The van der Waals surface area contributed by atoms with Crippen LogP contribution in [0.2, 0.25) is 0 Å². The van der Waals surface area contributed by atoms with Crippen molar-refractivity contribution in [1.29, 1.82) is 0 Å². The molecule has 0 aliphatic carbocycles. The predicted molar refractivity (Wildman–Crippen MR) is 42.1 cm³/mol. The zero-order chi connectivity index (χ0) is 6.81. The van der Waals surface area contributed by atoms with Crippen molar-refractivity contribution >= 4 is 6.21 Å². The Kier molecular flexibility index (Phi) is 1.31. The molecule has 0 fully saturated rings. The van der Waals surface area contributed by atoms with Crippen molar-refractivity contribution in [2.45, 2.75) is 6.42 Å². The molecule has 2 aliphatic heterocycles. The summed E-state index contributed by atoms with van der Waals surface area (Å²) in [4.78, 5) is 4.20. The van der Waals surface area contributed by atoms with Crippen molar-refractivity contribution < 1.29 is 0 Å². The number of allylic oxidation sites excluding steroid dienone is 1. The van der Waals surface area contributed by atoms with Gasteiger partial charge >= 0.3 is 0 Å². The van der Waals surface area contributed by atoms with E-state index in [1.54, 1.807) is 0 Å². The molecule has 0 amide bonds. The topological polar surface area (TPSA) is 24.4 Å². The highest BCUT2D eigenvalue weighted by Crippen LogP contribution is 2.15. The van der Waals surface area contributed by atoms with Crippen LogP contribution in [0.1, 0.15) is 6.42 Å². The van der Waals surface area contributed by atoms with Gasteiger partial charge in [-0.25, -0.2) is 0 Å². The summed E-state index contributed by atoms with van der Waals surface area (Å²) < 4.78 is 0. The molecule has 2 nitrogen and oxygen atoms in total. The highest BCUT2D eigenvalue weighted by Gasteiger charge is 2.07. The van der Waals surface area contributed by atoms with Crippen LogP contribution in [-0.2, 0) is 0 Å². The molecule has 0 radical (unpaired) electrons. The van der Waals surface area contributed by atoms with Crippen LogP contribution in [0.3, 0.4) is 0 Å². The maximum absolute atomic E-state index is 4.20. The lowest BCUT2D eigenvalue weighted by Gasteiger charge is -2.16. The average Bonchev–Trinajstić information content (AvgIpc) is 2.05. The van der Waals surface area contributed by atoms with Gasteiger partial charge in [-0.05, 0) is 29.8 Å². The minimum absolute atomic E-state index is 0.954. The van der Waals surface area contributed by atoms with Gasteiger partial charge < -0.3 is 5.32 Å². The van der Waals surface area contributed by atoms with Crippen molar-refractivity contribution in [1.82, 2.24) is 5.32 Å². The molecule has 2 rings (SSSR count). The number of rotatable bonds is 0. The first-order valence-corrected chi connectivity index (χ1v) is 3.58. The SMILES string of the molecule is C1=CC2=C(C=NCC2)CN1. The van der Waals surface area contributed by atoms with Crippen molar-refractivity contribution in [3.8, 4) is 0 Å². The lowest BCUT2D eigenvalue weighted by molar-refractivity contribution is 0.871. The first kappa shape index (κ1) is 5.71. The van der Waals surface area contributed by atoms with E-state index in [0.29, 0.717) is 0 Å². The Morgan fingerprint density at radius 2 is 2.40 bits per heavy atom. The van der Waals surface area contributed by atoms with Crippen LogP contribution < -0.4 is 5.32 Å². The van der Waals surface area contributed by atoms with Crippen LogP contribution in [0, 0.1) is 0 Å². The molecule has 0 atom stereocenters. The lowest BCUT2D eigenvalue weighted by Crippen LogP contribution is -2.18. The summed E-state index contributed by atoms with van der Waals surface area (Å²) in [5.41, 5.74) is 2.81. The van der Waals surface area contributed by atoms with Gasteiger partial charge in [-0.2, -0.15) is 0 Å². The van der Waals surface area contributed by atoms with Crippen LogP contribution in [0.4, 0.5) is 0 Å². The van der Waals surface area contributed by atoms with Crippen LogP contribution in [0.5, 0.6) is 0 Å². The number of aliphatic imine (C=N–C) groups is 1. The van der Waals surface area contributed by atoms with Crippen molar-refractivity contribution in [3.05, 3.63) is 23.4 Å². The zero-order valence-electron chi connectivity index (χ0n) is 5.80. The molecule has 0 spiro atoms. The Morgan fingerprint density at radius 1 is 1.40 bits per heavy atom. The van der Waals surface area contributed by atoms with E-state index in [-0.39, 0.29) is 0 Å². The Labute approximate surface area is 60.3 Å². The third-order valence-electron chi connectivity index (χ3n) is 1.86. The number of hydrogen-bond donors (Lipinski definition) is 1. The number of dihydropyridines is 2. The van der Waals surface area contributed by atoms with Gasteiger partial charge in [0, 0.05) is 19.3 Å². The maximum Gasteiger partial charge on any atom is 0.0429 e. The first-order chi connectivity index (χ1) is 4.97. The van der Waals surface area contributed by atoms with Gasteiger partial charge in [0.25, 0.3) is 0 Å². The molecule has 2 heteroatoms.